The van der Waals surface area contributed by atoms with E-state index in [4.69, 9.17) is 14.2 Å². The monoisotopic (exact) mass is 466 g/mol. The van der Waals surface area contributed by atoms with E-state index in [0.29, 0.717) is 42.3 Å². The van der Waals surface area contributed by atoms with Crippen molar-refractivity contribution in [3.05, 3.63) is 59.2 Å². The molecule has 0 saturated carbocycles. The molecule has 0 bridgehead atoms. The van der Waals surface area contributed by atoms with Gasteiger partial charge < -0.3 is 24.4 Å². The maximum absolute atomic E-state index is 12.1. The normalized spacial score (nSPS) is 12.7. The molecule has 184 valence electrons. The third-order valence-corrected chi connectivity index (χ3v) is 5.53. The molecule has 0 unspecified atom stereocenters. The molecule has 1 aliphatic heterocycles. The predicted molar refractivity (Wildman–Crippen MR) is 136 cm³/mol. The van der Waals surface area contributed by atoms with E-state index < -0.39 is 0 Å². The van der Waals surface area contributed by atoms with Crippen LogP contribution in [0.2, 0.25) is 0 Å². The average Bonchev–Trinajstić information content (AvgIpc) is 3.42. The first-order chi connectivity index (χ1) is 16.6. The van der Waals surface area contributed by atoms with Crippen LogP contribution in [0.15, 0.2) is 42.5 Å². The number of hydrogen-bond acceptors (Lipinski definition) is 5. The van der Waals surface area contributed by atoms with Crippen molar-refractivity contribution in [3.63, 3.8) is 0 Å². The van der Waals surface area contributed by atoms with Crippen LogP contribution in [-0.2, 0) is 11.3 Å². The second-order valence-electron chi connectivity index (χ2n) is 7.92. The molecule has 1 saturated heterocycles. The molecule has 0 radical (unpaired) electrons. The van der Waals surface area contributed by atoms with Crippen LogP contribution in [0, 0.1) is 11.8 Å². The zero-order valence-electron chi connectivity index (χ0n) is 21.0. The van der Waals surface area contributed by atoms with E-state index in [1.54, 1.807) is 19.2 Å². The smallest absolute Gasteiger partial charge is 0.254 e. The molecule has 0 aromatic heterocycles. The fourth-order valence-electron chi connectivity index (χ4n) is 3.63. The molecule has 2 aromatic rings. The number of nitrogens with zero attached hydrogens (tertiary/aromatic N) is 1. The van der Waals surface area contributed by atoms with Crippen molar-refractivity contribution in [1.29, 1.82) is 0 Å². The highest BCUT2D eigenvalue weighted by Crippen LogP contribution is 2.32. The summed E-state index contributed by atoms with van der Waals surface area (Å²) in [5.74, 6) is 6.83. The minimum atomic E-state index is -0.247. The first kappa shape index (κ1) is 27.2. The van der Waals surface area contributed by atoms with Gasteiger partial charge in [-0.05, 0) is 56.6 Å². The zero-order chi connectivity index (χ0) is 24.6. The highest BCUT2D eigenvalue weighted by Gasteiger charge is 2.17. The van der Waals surface area contributed by atoms with Gasteiger partial charge >= 0.3 is 0 Å². The molecular weight excluding hydrogens is 428 g/mol. The van der Waals surface area contributed by atoms with Crippen molar-refractivity contribution >= 4 is 5.91 Å². The standard InChI is InChI=1S/C22H25NO4.C6H13N/c1-23-22(24)19-14-18(15-20(25-2)21(19)26-3)12-8-5-9-13-27-16-17-10-6-4-7-11-17;1-2-7-5-3-4-6-7/h4,6-7,10-11,14-15H,5,9,13,16H2,1-3H3,(H,23,24);2-6H2,1H3. The molecule has 0 atom stereocenters. The summed E-state index contributed by atoms with van der Waals surface area (Å²) < 4.78 is 16.3. The lowest BCUT2D eigenvalue weighted by molar-refractivity contribution is 0.0959. The van der Waals surface area contributed by atoms with Gasteiger partial charge in [0.15, 0.2) is 11.5 Å². The fraction of sp³-hybridized carbons (Fsp3) is 0.464. The number of amides is 1. The van der Waals surface area contributed by atoms with Crippen LogP contribution in [-0.4, -0.2) is 58.3 Å². The molecule has 6 heteroatoms. The van der Waals surface area contributed by atoms with Gasteiger partial charge in [-0.25, -0.2) is 0 Å². The molecule has 34 heavy (non-hydrogen) atoms. The van der Waals surface area contributed by atoms with E-state index in [1.165, 1.54) is 46.7 Å². The predicted octanol–water partition coefficient (Wildman–Crippen LogP) is 4.51. The Morgan fingerprint density at radius 3 is 2.41 bits per heavy atom. The van der Waals surface area contributed by atoms with Crippen LogP contribution in [0.1, 0.15) is 54.1 Å². The van der Waals surface area contributed by atoms with Crippen molar-refractivity contribution in [2.75, 3.05) is 47.5 Å². The van der Waals surface area contributed by atoms with E-state index in [0.717, 1.165) is 12.0 Å². The maximum Gasteiger partial charge on any atom is 0.254 e. The number of hydrogen-bond donors (Lipinski definition) is 1. The lowest BCUT2D eigenvalue weighted by Gasteiger charge is -2.12. The van der Waals surface area contributed by atoms with E-state index in [1.807, 2.05) is 30.3 Å². The number of carbonyl (C=O) groups excluding carboxylic acids is 1. The van der Waals surface area contributed by atoms with Crippen molar-refractivity contribution in [1.82, 2.24) is 10.2 Å². The van der Waals surface area contributed by atoms with Crippen molar-refractivity contribution in [2.24, 2.45) is 0 Å². The van der Waals surface area contributed by atoms with Crippen molar-refractivity contribution in [2.45, 2.75) is 39.2 Å². The van der Waals surface area contributed by atoms with Crippen LogP contribution in [0.25, 0.3) is 0 Å². The molecule has 1 heterocycles. The summed E-state index contributed by atoms with van der Waals surface area (Å²) in [5.41, 5.74) is 2.27. The summed E-state index contributed by atoms with van der Waals surface area (Å²) in [6, 6.07) is 13.6. The molecule has 1 N–H and O–H groups in total. The van der Waals surface area contributed by atoms with Gasteiger partial charge in [0.05, 0.1) is 26.4 Å². The molecule has 3 rings (SSSR count). The van der Waals surface area contributed by atoms with Crippen LogP contribution in [0.5, 0.6) is 11.5 Å². The molecule has 0 spiro atoms. The molecule has 1 fully saturated rings. The second-order valence-corrected chi connectivity index (χ2v) is 7.92. The second kappa shape index (κ2) is 15.8. The minimum absolute atomic E-state index is 0.247. The van der Waals surface area contributed by atoms with Gasteiger partial charge in [0, 0.05) is 25.6 Å². The number of rotatable bonds is 9. The summed E-state index contributed by atoms with van der Waals surface area (Å²) in [6.45, 7) is 7.43. The molecule has 2 aromatic carbocycles. The average molecular weight is 467 g/mol. The van der Waals surface area contributed by atoms with Gasteiger partial charge in [-0.1, -0.05) is 49.1 Å². The molecule has 0 aliphatic carbocycles. The van der Waals surface area contributed by atoms with Gasteiger partial charge in [-0.2, -0.15) is 0 Å². The first-order valence-corrected chi connectivity index (χ1v) is 11.9. The number of unbranched alkanes of at least 4 members (excludes halogenated alkanes) is 1. The SMILES string of the molecule is CCN1CCCC1.CNC(=O)c1cc(C#CCCCOCc2ccccc2)cc(OC)c1OC. The lowest BCUT2D eigenvalue weighted by atomic mass is 10.1. The fourth-order valence-corrected chi connectivity index (χ4v) is 3.63. The molecule has 1 amide bonds. The number of carbonyl (C=O) groups is 1. The largest absolute Gasteiger partial charge is 0.493 e. The van der Waals surface area contributed by atoms with Gasteiger partial charge in [0.1, 0.15) is 0 Å². The Morgan fingerprint density at radius 2 is 1.82 bits per heavy atom. The Morgan fingerprint density at radius 1 is 1.09 bits per heavy atom. The first-order valence-electron chi connectivity index (χ1n) is 11.9. The number of ether oxygens (including phenoxy) is 3. The Bertz CT molecular complexity index is 929. The van der Waals surface area contributed by atoms with Crippen LogP contribution in [0.3, 0.4) is 0 Å². The summed E-state index contributed by atoms with van der Waals surface area (Å²) in [4.78, 5) is 14.6. The van der Waals surface area contributed by atoms with Crippen LogP contribution >= 0.6 is 0 Å². The summed E-state index contributed by atoms with van der Waals surface area (Å²) >= 11 is 0. The van der Waals surface area contributed by atoms with E-state index in [-0.39, 0.29) is 5.91 Å². The molecule has 1 aliphatic rings. The molecule has 6 nitrogen and oxygen atoms in total. The number of nitrogens with one attached hydrogen (secondary N) is 1. The Labute approximate surface area is 204 Å². The third-order valence-electron chi connectivity index (χ3n) is 5.53. The minimum Gasteiger partial charge on any atom is -0.493 e. The van der Waals surface area contributed by atoms with Crippen LogP contribution in [0.4, 0.5) is 0 Å². The quantitative estimate of drug-likeness (QED) is 0.435. The van der Waals surface area contributed by atoms with Gasteiger partial charge in [-0.15, -0.1) is 0 Å². The van der Waals surface area contributed by atoms with Crippen molar-refractivity contribution in [3.8, 4) is 23.3 Å². The number of benzene rings is 2. The zero-order valence-corrected chi connectivity index (χ0v) is 21.0. The van der Waals surface area contributed by atoms with Crippen LogP contribution < -0.4 is 14.8 Å². The van der Waals surface area contributed by atoms with Crippen molar-refractivity contribution < 1.29 is 19.0 Å². The highest BCUT2D eigenvalue weighted by atomic mass is 16.5. The Hall–Kier alpha value is -3.01. The number of methoxy groups -OCH3 is 2. The lowest BCUT2D eigenvalue weighted by Crippen LogP contribution is -2.19. The molecular formula is C28H38N2O4. The summed E-state index contributed by atoms with van der Waals surface area (Å²) in [5, 5.41) is 2.60. The van der Waals surface area contributed by atoms with Gasteiger partial charge in [0.25, 0.3) is 5.91 Å². The Balaban J connectivity index is 0.000000497. The summed E-state index contributed by atoms with van der Waals surface area (Å²) in [6.07, 6.45) is 4.40. The van der Waals surface area contributed by atoms with E-state index >= 15 is 0 Å². The highest BCUT2D eigenvalue weighted by molar-refractivity contribution is 5.98. The maximum atomic E-state index is 12.1. The topological polar surface area (TPSA) is 60.0 Å². The van der Waals surface area contributed by atoms with E-state index in [9.17, 15) is 4.79 Å². The third kappa shape index (κ3) is 9.09. The van der Waals surface area contributed by atoms with Gasteiger partial charge in [0.2, 0.25) is 0 Å². The Kier molecular flexibility index (Phi) is 12.6. The summed E-state index contributed by atoms with van der Waals surface area (Å²) in [7, 11) is 4.61. The van der Waals surface area contributed by atoms with Gasteiger partial charge in [-0.3, -0.25) is 4.79 Å². The van der Waals surface area contributed by atoms with E-state index in [2.05, 4.69) is 29.0 Å². The number of likely N-dealkylation sites (tertiary alicyclic amines) is 1.